The molecule has 0 fully saturated rings. The van der Waals surface area contributed by atoms with Crippen LogP contribution in [0.4, 0.5) is 13.2 Å². The fraction of sp³-hybridized carbons (Fsp3) is 0.250. The second-order valence-electron chi connectivity index (χ2n) is 4.65. The lowest BCUT2D eigenvalue weighted by molar-refractivity contribution is 0.202. The molecule has 1 atom stereocenters. The first-order chi connectivity index (χ1) is 10.0. The predicted molar refractivity (Wildman–Crippen MR) is 76.0 cm³/mol. The highest BCUT2D eigenvalue weighted by Crippen LogP contribution is 2.30. The molecule has 2 aromatic rings. The second-order valence-corrected chi connectivity index (χ2v) is 5.08. The molecule has 0 aliphatic rings. The first kappa shape index (κ1) is 15.9. The molecule has 2 rings (SSSR count). The lowest BCUT2D eigenvalue weighted by Crippen LogP contribution is -2.00. The van der Waals surface area contributed by atoms with Gasteiger partial charge in [-0.15, -0.1) is 11.6 Å². The molecule has 0 aromatic heterocycles. The highest BCUT2D eigenvalue weighted by Gasteiger charge is 2.17. The molecular formula is C16H14ClF3O. The van der Waals surface area contributed by atoms with Crippen molar-refractivity contribution in [3.8, 4) is 0 Å². The van der Waals surface area contributed by atoms with Crippen molar-refractivity contribution in [2.45, 2.75) is 11.8 Å². The maximum Gasteiger partial charge on any atom is 0.194 e. The van der Waals surface area contributed by atoms with Crippen LogP contribution in [-0.2, 0) is 11.2 Å². The van der Waals surface area contributed by atoms with Crippen LogP contribution in [0.3, 0.4) is 0 Å². The van der Waals surface area contributed by atoms with E-state index in [0.717, 1.165) is 24.1 Å². The van der Waals surface area contributed by atoms with Crippen LogP contribution in [0.1, 0.15) is 22.1 Å². The van der Waals surface area contributed by atoms with E-state index in [1.165, 1.54) is 0 Å². The molecule has 0 heterocycles. The highest BCUT2D eigenvalue weighted by atomic mass is 35.5. The molecule has 5 heteroatoms. The molecule has 0 spiro atoms. The number of halogens is 4. The summed E-state index contributed by atoms with van der Waals surface area (Å²) in [6.45, 7) is 0.609. The second kappa shape index (κ2) is 6.96. The van der Waals surface area contributed by atoms with Gasteiger partial charge in [-0.3, -0.25) is 0 Å². The number of hydrogen-bond acceptors (Lipinski definition) is 1. The first-order valence-electron chi connectivity index (χ1n) is 6.39. The van der Waals surface area contributed by atoms with E-state index in [-0.39, 0.29) is 5.56 Å². The predicted octanol–water partition coefficient (Wildman–Crippen LogP) is 4.62. The molecule has 2 aromatic carbocycles. The monoisotopic (exact) mass is 314 g/mol. The Morgan fingerprint density at radius 1 is 1.00 bits per heavy atom. The summed E-state index contributed by atoms with van der Waals surface area (Å²) in [5.41, 5.74) is 1.93. The van der Waals surface area contributed by atoms with Gasteiger partial charge in [0.05, 0.1) is 12.0 Å². The fourth-order valence-corrected chi connectivity index (χ4v) is 2.26. The van der Waals surface area contributed by atoms with E-state index in [1.54, 1.807) is 19.2 Å². The number of methoxy groups -OCH3 is 1. The molecule has 0 aliphatic carbocycles. The van der Waals surface area contributed by atoms with E-state index < -0.39 is 22.8 Å². The van der Waals surface area contributed by atoms with Gasteiger partial charge in [-0.1, -0.05) is 24.3 Å². The van der Waals surface area contributed by atoms with Gasteiger partial charge >= 0.3 is 0 Å². The zero-order valence-electron chi connectivity index (χ0n) is 11.4. The Labute approximate surface area is 126 Å². The molecule has 0 bridgehead atoms. The van der Waals surface area contributed by atoms with Crippen LogP contribution < -0.4 is 0 Å². The van der Waals surface area contributed by atoms with Crippen molar-refractivity contribution >= 4 is 11.6 Å². The summed E-state index contributed by atoms with van der Waals surface area (Å²) in [5.74, 6) is -3.97. The van der Waals surface area contributed by atoms with Gasteiger partial charge in [0.2, 0.25) is 0 Å². The van der Waals surface area contributed by atoms with Gasteiger partial charge in [-0.2, -0.15) is 0 Å². The molecule has 21 heavy (non-hydrogen) atoms. The van der Waals surface area contributed by atoms with Crippen molar-refractivity contribution in [2.24, 2.45) is 0 Å². The fourth-order valence-electron chi connectivity index (χ4n) is 1.99. The minimum Gasteiger partial charge on any atom is -0.384 e. The lowest BCUT2D eigenvalue weighted by atomic mass is 10.0. The van der Waals surface area contributed by atoms with Crippen molar-refractivity contribution in [1.29, 1.82) is 0 Å². The smallest absolute Gasteiger partial charge is 0.194 e. The molecule has 1 unspecified atom stereocenters. The van der Waals surface area contributed by atoms with E-state index in [0.29, 0.717) is 12.2 Å². The topological polar surface area (TPSA) is 9.23 Å². The molecule has 0 radical (unpaired) electrons. The molecule has 1 nitrogen and oxygen atoms in total. The number of benzene rings is 2. The van der Waals surface area contributed by atoms with E-state index in [2.05, 4.69) is 0 Å². The summed E-state index contributed by atoms with van der Waals surface area (Å²) >= 11 is 6.20. The quantitative estimate of drug-likeness (QED) is 0.578. The first-order valence-corrected chi connectivity index (χ1v) is 6.83. The Morgan fingerprint density at radius 2 is 1.57 bits per heavy atom. The van der Waals surface area contributed by atoms with Crippen LogP contribution in [0.15, 0.2) is 36.4 Å². The van der Waals surface area contributed by atoms with Crippen LogP contribution in [0.2, 0.25) is 0 Å². The number of ether oxygens (including phenoxy) is 1. The van der Waals surface area contributed by atoms with Crippen LogP contribution >= 0.6 is 11.6 Å². The van der Waals surface area contributed by atoms with Gasteiger partial charge in [0.25, 0.3) is 0 Å². The maximum atomic E-state index is 13.2. The normalized spacial score (nSPS) is 12.4. The van der Waals surface area contributed by atoms with Gasteiger partial charge in [0.15, 0.2) is 17.5 Å². The minimum absolute atomic E-state index is 0.178. The average molecular weight is 315 g/mol. The third-order valence-corrected chi connectivity index (χ3v) is 3.67. The van der Waals surface area contributed by atoms with Crippen molar-refractivity contribution in [3.63, 3.8) is 0 Å². The minimum atomic E-state index is -1.49. The van der Waals surface area contributed by atoms with Gasteiger partial charge in [0, 0.05) is 7.11 Å². The Balaban J connectivity index is 2.21. The summed E-state index contributed by atoms with van der Waals surface area (Å²) in [6, 6.07) is 9.13. The summed E-state index contributed by atoms with van der Waals surface area (Å²) in [4.78, 5) is 0. The van der Waals surface area contributed by atoms with Crippen LogP contribution in [-0.4, -0.2) is 13.7 Å². The van der Waals surface area contributed by atoms with E-state index in [1.807, 2.05) is 12.1 Å². The third kappa shape index (κ3) is 3.77. The van der Waals surface area contributed by atoms with Gasteiger partial charge in [0.1, 0.15) is 0 Å². The summed E-state index contributed by atoms with van der Waals surface area (Å²) in [6.07, 6.45) is 0.767. The maximum absolute atomic E-state index is 13.2. The summed E-state index contributed by atoms with van der Waals surface area (Å²) in [7, 11) is 1.63. The standard InChI is InChI=1S/C16H14ClF3O/c1-21-7-6-10-2-4-11(5-3-10)15(17)12-8-13(18)16(20)14(19)9-12/h2-5,8-9,15H,6-7H2,1H3. The Hall–Kier alpha value is -1.52. The molecule has 0 N–H and O–H groups in total. The Kier molecular flexibility index (Phi) is 5.26. The number of hydrogen-bond donors (Lipinski definition) is 0. The van der Waals surface area contributed by atoms with Crippen molar-refractivity contribution in [3.05, 3.63) is 70.5 Å². The van der Waals surface area contributed by atoms with Gasteiger partial charge in [-0.25, -0.2) is 13.2 Å². The zero-order chi connectivity index (χ0) is 15.4. The van der Waals surface area contributed by atoms with Crippen LogP contribution in [0, 0.1) is 17.5 Å². The van der Waals surface area contributed by atoms with Crippen LogP contribution in [0.25, 0.3) is 0 Å². The molecular weight excluding hydrogens is 301 g/mol. The Morgan fingerprint density at radius 3 is 2.10 bits per heavy atom. The molecule has 0 saturated carbocycles. The molecule has 112 valence electrons. The molecule has 0 amide bonds. The van der Waals surface area contributed by atoms with Crippen molar-refractivity contribution in [1.82, 2.24) is 0 Å². The largest absolute Gasteiger partial charge is 0.384 e. The molecule has 0 aliphatic heterocycles. The number of alkyl halides is 1. The van der Waals surface area contributed by atoms with Crippen LogP contribution in [0.5, 0.6) is 0 Å². The lowest BCUT2D eigenvalue weighted by Gasteiger charge is -2.12. The van der Waals surface area contributed by atoms with Gasteiger partial charge in [-0.05, 0) is 35.2 Å². The average Bonchev–Trinajstić information content (AvgIpc) is 2.50. The third-order valence-electron chi connectivity index (χ3n) is 3.17. The zero-order valence-corrected chi connectivity index (χ0v) is 12.1. The molecule has 0 saturated heterocycles. The highest BCUT2D eigenvalue weighted by molar-refractivity contribution is 6.22. The van der Waals surface area contributed by atoms with Gasteiger partial charge < -0.3 is 4.74 Å². The Bertz CT molecular complexity index is 590. The summed E-state index contributed by atoms with van der Waals surface area (Å²) < 4.78 is 44.4. The number of rotatable bonds is 5. The summed E-state index contributed by atoms with van der Waals surface area (Å²) in [5, 5.41) is -0.744. The van der Waals surface area contributed by atoms with Crippen molar-refractivity contribution < 1.29 is 17.9 Å². The SMILES string of the molecule is COCCc1ccc(C(Cl)c2cc(F)c(F)c(F)c2)cc1. The van der Waals surface area contributed by atoms with E-state index in [4.69, 9.17) is 16.3 Å². The van der Waals surface area contributed by atoms with E-state index in [9.17, 15) is 13.2 Å². The van der Waals surface area contributed by atoms with Crippen molar-refractivity contribution in [2.75, 3.05) is 13.7 Å². The van der Waals surface area contributed by atoms with E-state index >= 15 is 0 Å².